The van der Waals surface area contributed by atoms with E-state index >= 15 is 0 Å². The predicted molar refractivity (Wildman–Crippen MR) is 66.8 cm³/mol. The molecule has 0 aliphatic rings. The highest BCUT2D eigenvalue weighted by molar-refractivity contribution is 5.73. The molecule has 0 heterocycles. The molecule has 15 heavy (non-hydrogen) atoms. The summed E-state index contributed by atoms with van der Waals surface area (Å²) in [4.78, 5) is 10.9. The molecule has 0 saturated carbocycles. The van der Waals surface area contributed by atoms with Gasteiger partial charge in [0, 0.05) is 0 Å². The Morgan fingerprint density at radius 1 is 1.13 bits per heavy atom. The fourth-order valence-corrected chi connectivity index (χ4v) is 1.52. The number of allylic oxidation sites excluding steroid dienone is 2. The van der Waals surface area contributed by atoms with Crippen LogP contribution in [-0.4, -0.2) is 6.29 Å². The van der Waals surface area contributed by atoms with Crippen molar-refractivity contribution >= 4 is 6.29 Å². The van der Waals surface area contributed by atoms with Crippen LogP contribution in [0.2, 0.25) is 0 Å². The van der Waals surface area contributed by atoms with Gasteiger partial charge in [0.2, 0.25) is 0 Å². The Balaban J connectivity index is 4.05. The van der Waals surface area contributed by atoms with E-state index in [4.69, 9.17) is 0 Å². The number of rotatable bonds is 7. The van der Waals surface area contributed by atoms with Crippen molar-refractivity contribution < 1.29 is 4.79 Å². The fraction of sp³-hybridized carbons (Fsp3) is 0.786. The third-order valence-corrected chi connectivity index (χ3v) is 3.03. The van der Waals surface area contributed by atoms with Gasteiger partial charge in [0.15, 0.2) is 0 Å². The highest BCUT2D eigenvalue weighted by atomic mass is 16.1. The molecule has 0 aromatic carbocycles. The monoisotopic (exact) mass is 210 g/mol. The van der Waals surface area contributed by atoms with Gasteiger partial charge in [-0.15, -0.1) is 0 Å². The van der Waals surface area contributed by atoms with Crippen LogP contribution in [0.1, 0.15) is 53.9 Å². The molecular weight excluding hydrogens is 184 g/mol. The molecule has 0 fully saturated rings. The van der Waals surface area contributed by atoms with E-state index in [1.807, 2.05) is 0 Å². The first kappa shape index (κ1) is 14.4. The normalized spacial score (nSPS) is 14.7. The molecule has 0 spiro atoms. The molecule has 0 rings (SSSR count). The van der Waals surface area contributed by atoms with Gasteiger partial charge in [0.05, 0.1) is 0 Å². The molecule has 1 heteroatoms. The van der Waals surface area contributed by atoms with Gasteiger partial charge in [-0.05, 0) is 36.2 Å². The average molecular weight is 210 g/mol. The van der Waals surface area contributed by atoms with Gasteiger partial charge < -0.3 is 0 Å². The quantitative estimate of drug-likeness (QED) is 0.349. The van der Waals surface area contributed by atoms with Crippen molar-refractivity contribution in [1.29, 1.82) is 0 Å². The van der Waals surface area contributed by atoms with E-state index in [1.54, 1.807) is 0 Å². The van der Waals surface area contributed by atoms with Crippen molar-refractivity contribution in [1.82, 2.24) is 0 Å². The van der Waals surface area contributed by atoms with E-state index in [0.29, 0.717) is 11.8 Å². The lowest BCUT2D eigenvalue weighted by Gasteiger charge is -2.15. The van der Waals surface area contributed by atoms with E-state index in [2.05, 4.69) is 40.7 Å². The number of hydrogen-bond donors (Lipinski definition) is 0. The Morgan fingerprint density at radius 3 is 2.13 bits per heavy atom. The lowest BCUT2D eigenvalue weighted by atomic mass is 9.90. The van der Waals surface area contributed by atoms with Gasteiger partial charge in [0.1, 0.15) is 6.29 Å². The Morgan fingerprint density at radius 2 is 1.73 bits per heavy atom. The number of hydrogen-bond acceptors (Lipinski definition) is 1. The number of aldehydes is 1. The van der Waals surface area contributed by atoms with E-state index in [9.17, 15) is 4.79 Å². The molecule has 0 radical (unpaired) electrons. The predicted octanol–water partition coefficient (Wildman–Crippen LogP) is 4.23. The molecule has 1 nitrogen and oxygen atoms in total. The van der Waals surface area contributed by atoms with Crippen LogP contribution in [0, 0.1) is 17.8 Å². The number of unbranched alkanes of at least 4 members (excludes halogenated alkanes) is 1. The van der Waals surface area contributed by atoms with E-state index in [-0.39, 0.29) is 0 Å². The summed E-state index contributed by atoms with van der Waals surface area (Å²) in [5, 5.41) is 0. The Kier molecular flexibility index (Phi) is 7.37. The maximum absolute atomic E-state index is 10.9. The van der Waals surface area contributed by atoms with E-state index < -0.39 is 0 Å². The summed E-state index contributed by atoms with van der Waals surface area (Å²) in [6.45, 7) is 10.9. The smallest absolute Gasteiger partial charge is 0.145 e. The first-order valence-corrected chi connectivity index (χ1v) is 6.14. The largest absolute Gasteiger partial charge is 0.298 e. The molecule has 88 valence electrons. The summed E-state index contributed by atoms with van der Waals surface area (Å²) in [6, 6.07) is 0. The lowest BCUT2D eigenvalue weighted by Crippen LogP contribution is -2.08. The Bertz CT molecular complexity index is 201. The van der Waals surface area contributed by atoms with Crippen molar-refractivity contribution in [2.75, 3.05) is 0 Å². The van der Waals surface area contributed by atoms with Crippen LogP contribution in [0.25, 0.3) is 0 Å². The molecule has 1 atom stereocenters. The van der Waals surface area contributed by atoms with Crippen molar-refractivity contribution in [2.24, 2.45) is 17.8 Å². The highest BCUT2D eigenvalue weighted by Gasteiger charge is 2.11. The minimum Gasteiger partial charge on any atom is -0.298 e. The summed E-state index contributed by atoms with van der Waals surface area (Å²) < 4.78 is 0. The molecular formula is C14H26O. The van der Waals surface area contributed by atoms with Crippen LogP contribution in [0.15, 0.2) is 11.6 Å². The SMILES string of the molecule is CC(C)CCC/C=C(\C=O)C(C)C(C)C. The van der Waals surface area contributed by atoms with Crippen molar-refractivity contribution in [2.45, 2.75) is 53.9 Å². The molecule has 0 N–H and O–H groups in total. The molecule has 0 amide bonds. The Labute approximate surface area is 95.0 Å². The van der Waals surface area contributed by atoms with Crippen molar-refractivity contribution in [3.8, 4) is 0 Å². The molecule has 0 saturated heterocycles. The van der Waals surface area contributed by atoms with E-state index in [1.165, 1.54) is 12.8 Å². The number of carbonyl (C=O) groups is 1. The first-order valence-electron chi connectivity index (χ1n) is 6.14. The zero-order chi connectivity index (χ0) is 11.8. The third-order valence-electron chi connectivity index (χ3n) is 3.03. The van der Waals surface area contributed by atoms with Gasteiger partial charge in [-0.3, -0.25) is 4.79 Å². The molecule has 0 aromatic rings. The zero-order valence-corrected chi connectivity index (χ0v) is 10.9. The van der Waals surface area contributed by atoms with Gasteiger partial charge in [-0.2, -0.15) is 0 Å². The second kappa shape index (κ2) is 7.67. The van der Waals surface area contributed by atoms with Crippen LogP contribution in [0.5, 0.6) is 0 Å². The highest BCUT2D eigenvalue weighted by Crippen LogP contribution is 2.19. The van der Waals surface area contributed by atoms with Crippen LogP contribution in [-0.2, 0) is 4.79 Å². The topological polar surface area (TPSA) is 17.1 Å². The van der Waals surface area contributed by atoms with Gasteiger partial charge >= 0.3 is 0 Å². The Hall–Kier alpha value is -0.590. The first-order chi connectivity index (χ1) is 6.99. The van der Waals surface area contributed by atoms with E-state index in [0.717, 1.165) is 24.2 Å². The minimum atomic E-state index is 0.390. The maximum Gasteiger partial charge on any atom is 0.145 e. The van der Waals surface area contributed by atoms with Crippen LogP contribution < -0.4 is 0 Å². The second-order valence-electron chi connectivity index (χ2n) is 5.18. The lowest BCUT2D eigenvalue weighted by molar-refractivity contribution is -0.105. The summed E-state index contributed by atoms with van der Waals surface area (Å²) in [6.07, 6.45) is 6.64. The van der Waals surface area contributed by atoms with Crippen LogP contribution >= 0.6 is 0 Å². The zero-order valence-electron chi connectivity index (χ0n) is 10.9. The average Bonchev–Trinajstić information content (AvgIpc) is 2.16. The molecule has 0 aliphatic carbocycles. The maximum atomic E-state index is 10.9. The molecule has 0 aromatic heterocycles. The molecule has 0 bridgehead atoms. The summed E-state index contributed by atoms with van der Waals surface area (Å²) in [7, 11) is 0. The minimum absolute atomic E-state index is 0.390. The fourth-order valence-electron chi connectivity index (χ4n) is 1.52. The second-order valence-corrected chi connectivity index (χ2v) is 5.18. The molecule has 1 unspecified atom stereocenters. The molecule has 0 aliphatic heterocycles. The summed E-state index contributed by atoms with van der Waals surface area (Å²) in [5.74, 6) is 1.70. The third kappa shape index (κ3) is 6.48. The summed E-state index contributed by atoms with van der Waals surface area (Å²) in [5.41, 5.74) is 0.980. The summed E-state index contributed by atoms with van der Waals surface area (Å²) >= 11 is 0. The number of carbonyl (C=O) groups excluding carboxylic acids is 1. The van der Waals surface area contributed by atoms with Crippen LogP contribution in [0.3, 0.4) is 0 Å². The van der Waals surface area contributed by atoms with Gasteiger partial charge in [-0.25, -0.2) is 0 Å². The van der Waals surface area contributed by atoms with Crippen LogP contribution in [0.4, 0.5) is 0 Å². The van der Waals surface area contributed by atoms with Crippen molar-refractivity contribution in [3.63, 3.8) is 0 Å². The van der Waals surface area contributed by atoms with Gasteiger partial charge in [-0.1, -0.05) is 47.1 Å². The van der Waals surface area contributed by atoms with Crippen molar-refractivity contribution in [3.05, 3.63) is 11.6 Å². The standard InChI is InChI=1S/C14H26O/c1-11(2)8-6-7-9-14(10-15)13(5)12(3)4/h9-13H,6-8H2,1-5H3/b14-9+. The van der Waals surface area contributed by atoms with Gasteiger partial charge in [0.25, 0.3) is 0 Å².